The Morgan fingerprint density at radius 2 is 1.70 bits per heavy atom. The van der Waals surface area contributed by atoms with E-state index in [1.807, 2.05) is 32.0 Å². The van der Waals surface area contributed by atoms with E-state index < -0.39 is 28.5 Å². The minimum absolute atomic E-state index is 0.0103. The zero-order valence-electron chi connectivity index (χ0n) is 25.6. The normalized spacial score (nSPS) is 14.1. The van der Waals surface area contributed by atoms with E-state index in [4.69, 9.17) is 9.47 Å². The summed E-state index contributed by atoms with van der Waals surface area (Å²) in [5, 5.41) is 3.13. The van der Waals surface area contributed by atoms with Crippen LogP contribution in [0.2, 0.25) is 0 Å². The molecule has 0 aliphatic heterocycles. The van der Waals surface area contributed by atoms with Crippen LogP contribution in [-0.2, 0) is 26.2 Å². The average Bonchev–Trinajstić information content (AvgIpc) is 3.53. The molecule has 1 N–H and O–H groups in total. The summed E-state index contributed by atoms with van der Waals surface area (Å²) in [5.41, 5.74) is 2.04. The Hall–Kier alpha value is -3.57. The van der Waals surface area contributed by atoms with Crippen LogP contribution in [0.5, 0.6) is 11.5 Å². The van der Waals surface area contributed by atoms with Gasteiger partial charge in [0.05, 0.1) is 29.3 Å². The molecule has 3 aromatic rings. The van der Waals surface area contributed by atoms with Gasteiger partial charge >= 0.3 is 0 Å². The number of sulfonamides is 1. The quantitative estimate of drug-likeness (QED) is 0.243. The van der Waals surface area contributed by atoms with Gasteiger partial charge in [-0.2, -0.15) is 0 Å². The lowest BCUT2D eigenvalue weighted by molar-refractivity contribution is -0.140. The Morgan fingerprint density at radius 3 is 2.32 bits per heavy atom. The van der Waals surface area contributed by atoms with Crippen molar-refractivity contribution in [2.75, 3.05) is 25.1 Å². The zero-order chi connectivity index (χ0) is 31.9. The summed E-state index contributed by atoms with van der Waals surface area (Å²) >= 11 is 3.38. The number of halogens is 1. The molecule has 4 rings (SSSR count). The topological polar surface area (TPSA) is 105 Å². The Labute approximate surface area is 268 Å². The van der Waals surface area contributed by atoms with Gasteiger partial charge in [-0.1, -0.05) is 49.6 Å². The summed E-state index contributed by atoms with van der Waals surface area (Å²) in [6.07, 6.45) is 4.28. The highest BCUT2D eigenvalue weighted by Crippen LogP contribution is 2.31. The van der Waals surface area contributed by atoms with Crippen LogP contribution in [-0.4, -0.2) is 58.0 Å². The SMILES string of the molecule is CC[C@H](C(=O)NC1CCCC1)N(Cc1cccc(OC)c1)C(=O)CN(c1ccc(C)cc1)S(=O)(=O)c1ccc(OC)c(Br)c1. The molecule has 11 heteroatoms. The molecule has 0 aromatic heterocycles. The number of hydrogen-bond donors (Lipinski definition) is 1. The Bertz CT molecular complexity index is 1560. The lowest BCUT2D eigenvalue weighted by Gasteiger charge is -2.34. The summed E-state index contributed by atoms with van der Waals surface area (Å²) in [7, 11) is -1.16. The maximum Gasteiger partial charge on any atom is 0.264 e. The minimum Gasteiger partial charge on any atom is -0.497 e. The number of carbonyl (C=O) groups is 2. The molecular weight excluding hydrogens is 646 g/mol. The van der Waals surface area contributed by atoms with Crippen LogP contribution < -0.4 is 19.1 Å². The number of ether oxygens (including phenoxy) is 2. The van der Waals surface area contributed by atoms with Crippen molar-refractivity contribution in [2.45, 2.75) is 69.5 Å². The maximum atomic E-state index is 14.3. The third-order valence-electron chi connectivity index (χ3n) is 7.89. The van der Waals surface area contributed by atoms with Gasteiger partial charge in [0, 0.05) is 12.6 Å². The number of hydrogen-bond acceptors (Lipinski definition) is 6. The first-order valence-electron chi connectivity index (χ1n) is 14.7. The minimum atomic E-state index is -4.22. The molecule has 1 fully saturated rings. The van der Waals surface area contributed by atoms with E-state index in [0.29, 0.717) is 28.1 Å². The fourth-order valence-electron chi connectivity index (χ4n) is 5.43. The van der Waals surface area contributed by atoms with Crippen LogP contribution in [0.15, 0.2) is 76.1 Å². The van der Waals surface area contributed by atoms with E-state index in [9.17, 15) is 18.0 Å². The third-order valence-corrected chi connectivity index (χ3v) is 10.3. The number of rotatable bonds is 13. The molecule has 0 heterocycles. The molecule has 44 heavy (non-hydrogen) atoms. The Balaban J connectivity index is 1.73. The maximum absolute atomic E-state index is 14.3. The van der Waals surface area contributed by atoms with Gasteiger partial charge in [-0.05, 0) is 90.1 Å². The van der Waals surface area contributed by atoms with Crippen molar-refractivity contribution in [2.24, 2.45) is 0 Å². The third kappa shape index (κ3) is 7.92. The highest BCUT2D eigenvalue weighted by atomic mass is 79.9. The van der Waals surface area contributed by atoms with Crippen LogP contribution in [0.25, 0.3) is 0 Å². The lowest BCUT2D eigenvalue weighted by atomic mass is 10.1. The number of aryl methyl sites for hydroxylation is 1. The van der Waals surface area contributed by atoms with Gasteiger partial charge in [0.1, 0.15) is 24.1 Å². The first kappa shape index (κ1) is 33.3. The van der Waals surface area contributed by atoms with E-state index >= 15 is 0 Å². The van der Waals surface area contributed by atoms with E-state index in [-0.39, 0.29) is 23.4 Å². The number of carbonyl (C=O) groups excluding carboxylic acids is 2. The van der Waals surface area contributed by atoms with Crippen LogP contribution >= 0.6 is 15.9 Å². The molecule has 9 nitrogen and oxygen atoms in total. The van der Waals surface area contributed by atoms with Gasteiger partial charge in [0.2, 0.25) is 11.8 Å². The Kier molecular flexibility index (Phi) is 11.3. The first-order chi connectivity index (χ1) is 21.1. The number of anilines is 1. The van der Waals surface area contributed by atoms with Crippen molar-refractivity contribution >= 4 is 43.5 Å². The number of nitrogens with zero attached hydrogens (tertiary/aromatic N) is 2. The molecular formula is C33H40BrN3O6S. The number of benzene rings is 3. The molecule has 0 unspecified atom stereocenters. The number of methoxy groups -OCH3 is 2. The predicted molar refractivity (Wildman–Crippen MR) is 174 cm³/mol. The summed E-state index contributed by atoms with van der Waals surface area (Å²) in [6.45, 7) is 3.35. The summed E-state index contributed by atoms with van der Waals surface area (Å²) in [4.78, 5) is 29.4. The predicted octanol–water partition coefficient (Wildman–Crippen LogP) is 5.84. The zero-order valence-corrected chi connectivity index (χ0v) is 28.0. The molecule has 1 saturated carbocycles. The fraction of sp³-hybridized carbons (Fsp3) is 0.394. The second-order valence-corrected chi connectivity index (χ2v) is 13.6. The van der Waals surface area contributed by atoms with E-state index in [2.05, 4.69) is 21.2 Å². The summed E-state index contributed by atoms with van der Waals surface area (Å²) in [5.74, 6) is 0.357. The molecule has 1 aliphatic carbocycles. The van der Waals surface area contributed by atoms with Gasteiger partial charge < -0.3 is 19.7 Å². The van der Waals surface area contributed by atoms with Crippen molar-refractivity contribution in [1.29, 1.82) is 0 Å². The van der Waals surface area contributed by atoms with Crippen LogP contribution in [0.4, 0.5) is 5.69 Å². The highest BCUT2D eigenvalue weighted by Gasteiger charge is 2.35. The fourth-order valence-corrected chi connectivity index (χ4v) is 7.56. The largest absolute Gasteiger partial charge is 0.497 e. The van der Waals surface area contributed by atoms with Crippen molar-refractivity contribution in [1.82, 2.24) is 10.2 Å². The van der Waals surface area contributed by atoms with Crippen LogP contribution in [0.1, 0.15) is 50.2 Å². The Morgan fingerprint density at radius 1 is 1.00 bits per heavy atom. The van der Waals surface area contributed by atoms with Crippen molar-refractivity contribution in [3.63, 3.8) is 0 Å². The van der Waals surface area contributed by atoms with Crippen molar-refractivity contribution in [3.8, 4) is 11.5 Å². The molecule has 0 bridgehead atoms. The molecule has 0 saturated heterocycles. The van der Waals surface area contributed by atoms with E-state index in [1.54, 1.807) is 43.5 Å². The lowest BCUT2D eigenvalue weighted by Crippen LogP contribution is -2.53. The van der Waals surface area contributed by atoms with Crippen molar-refractivity contribution in [3.05, 3.63) is 82.3 Å². The first-order valence-corrected chi connectivity index (χ1v) is 17.0. The molecule has 236 valence electrons. The van der Waals surface area contributed by atoms with Gasteiger partial charge in [-0.25, -0.2) is 8.42 Å². The van der Waals surface area contributed by atoms with Gasteiger partial charge in [-0.3, -0.25) is 13.9 Å². The smallest absolute Gasteiger partial charge is 0.264 e. The number of amides is 2. The monoisotopic (exact) mass is 685 g/mol. The number of nitrogens with one attached hydrogen (secondary N) is 1. The van der Waals surface area contributed by atoms with E-state index in [1.165, 1.54) is 24.1 Å². The van der Waals surface area contributed by atoms with Crippen LogP contribution in [0.3, 0.4) is 0 Å². The summed E-state index contributed by atoms with van der Waals surface area (Å²) in [6, 6.07) is 18.0. The van der Waals surface area contributed by atoms with E-state index in [0.717, 1.165) is 41.1 Å². The van der Waals surface area contributed by atoms with Crippen LogP contribution in [0, 0.1) is 6.92 Å². The second kappa shape index (κ2) is 14.9. The van der Waals surface area contributed by atoms with Gasteiger partial charge in [-0.15, -0.1) is 0 Å². The van der Waals surface area contributed by atoms with Gasteiger partial charge in [0.15, 0.2) is 0 Å². The molecule has 2 amide bonds. The van der Waals surface area contributed by atoms with Crippen molar-refractivity contribution < 1.29 is 27.5 Å². The molecule has 1 atom stereocenters. The molecule has 0 radical (unpaired) electrons. The molecule has 0 spiro atoms. The second-order valence-electron chi connectivity index (χ2n) is 10.9. The standard InChI is InChI=1S/C33H40BrN3O6S/c1-5-30(33(39)35-25-10-6-7-11-25)36(21-24-9-8-12-27(19-24)42-3)32(38)22-37(26-15-13-23(2)14-16-26)44(40,41)28-17-18-31(43-4)29(34)20-28/h8-9,12-20,25,30H,5-7,10-11,21-22H2,1-4H3,(H,35,39)/t30-/m1/s1. The van der Waals surface area contributed by atoms with Gasteiger partial charge in [0.25, 0.3) is 10.0 Å². The summed E-state index contributed by atoms with van der Waals surface area (Å²) < 4.78 is 40.6. The highest BCUT2D eigenvalue weighted by molar-refractivity contribution is 9.10. The molecule has 3 aromatic carbocycles. The average molecular weight is 687 g/mol. The molecule has 1 aliphatic rings.